The van der Waals surface area contributed by atoms with E-state index in [0.717, 1.165) is 32.5 Å². The highest BCUT2D eigenvalue weighted by atomic mass is 16.2. The summed E-state index contributed by atoms with van der Waals surface area (Å²) in [6.07, 6.45) is 3.64. The monoisotopic (exact) mass is 510 g/mol. The van der Waals surface area contributed by atoms with Gasteiger partial charge in [-0.15, -0.1) is 0 Å². The van der Waals surface area contributed by atoms with Crippen LogP contribution in [0.2, 0.25) is 0 Å². The molecule has 1 unspecified atom stereocenters. The zero-order valence-electron chi connectivity index (χ0n) is 21.9. The maximum absolute atomic E-state index is 12.9. The molecule has 2 aliphatic heterocycles. The van der Waals surface area contributed by atoms with Crippen LogP contribution < -0.4 is 22.5 Å². The van der Waals surface area contributed by atoms with Crippen molar-refractivity contribution in [1.82, 2.24) is 24.3 Å². The number of piperidine rings is 1. The fraction of sp³-hybridized carbons (Fsp3) is 0.538. The topological polar surface area (TPSA) is 143 Å². The van der Waals surface area contributed by atoms with Gasteiger partial charge in [-0.05, 0) is 70.5 Å². The number of hydrogen-bond donors (Lipinski definition) is 3. The second-order valence-corrected chi connectivity index (χ2v) is 10.7. The summed E-state index contributed by atoms with van der Waals surface area (Å²) >= 11 is 0. The van der Waals surface area contributed by atoms with Crippen molar-refractivity contribution < 1.29 is 9.59 Å². The summed E-state index contributed by atoms with van der Waals surface area (Å²) in [4.78, 5) is 47.8. The number of likely N-dealkylation sites (tertiary alicyclic amines) is 1. The van der Waals surface area contributed by atoms with Crippen molar-refractivity contribution in [3.8, 4) is 5.69 Å². The quantitative estimate of drug-likeness (QED) is 0.544. The smallest absolute Gasteiger partial charge is 0.337 e. The Balaban J connectivity index is 1.35. The number of amides is 3. The van der Waals surface area contributed by atoms with Gasteiger partial charge < -0.3 is 21.3 Å². The van der Waals surface area contributed by atoms with Crippen molar-refractivity contribution in [1.29, 1.82) is 0 Å². The molecule has 11 nitrogen and oxygen atoms in total. The van der Waals surface area contributed by atoms with E-state index in [-0.39, 0.29) is 23.8 Å². The molecule has 2 fully saturated rings. The first kappa shape index (κ1) is 26.8. The van der Waals surface area contributed by atoms with Crippen molar-refractivity contribution in [2.24, 2.45) is 11.5 Å². The predicted octanol–water partition coefficient (Wildman–Crippen LogP) is 0.958. The van der Waals surface area contributed by atoms with Crippen LogP contribution in [0.15, 0.2) is 41.3 Å². The van der Waals surface area contributed by atoms with Gasteiger partial charge in [0.2, 0.25) is 5.91 Å². The molecule has 37 heavy (non-hydrogen) atoms. The summed E-state index contributed by atoms with van der Waals surface area (Å²) in [6.45, 7) is 9.23. The average Bonchev–Trinajstić information content (AvgIpc) is 2.85. The highest BCUT2D eigenvalue weighted by Gasteiger charge is 2.34. The number of piperazine rings is 1. The number of benzene rings is 1. The Kier molecular flexibility index (Phi) is 7.96. The van der Waals surface area contributed by atoms with E-state index in [9.17, 15) is 14.4 Å². The van der Waals surface area contributed by atoms with Gasteiger partial charge >= 0.3 is 11.7 Å². The van der Waals surface area contributed by atoms with E-state index in [1.165, 1.54) is 10.1 Å². The van der Waals surface area contributed by atoms with E-state index in [2.05, 4.69) is 15.2 Å². The maximum atomic E-state index is 12.9. The standard InChI is InChI=1S/C26H38N8O3/c1-18-16-32(23(35)26(2,3)28)14-15-33(18)24(36)29-22-10-13-34(25(37)30-22)21-6-4-19(5-7-21)17-31-11-8-20(27)9-12-31/h4-7,10,13,18,20H,8-9,11-12,14-17,27-28H2,1-3H3,(H,29,30,36,37). The molecule has 2 aliphatic rings. The van der Waals surface area contributed by atoms with Gasteiger partial charge in [0, 0.05) is 44.5 Å². The van der Waals surface area contributed by atoms with E-state index in [1.54, 1.807) is 35.9 Å². The molecule has 4 rings (SSSR count). The van der Waals surface area contributed by atoms with Gasteiger partial charge in [-0.2, -0.15) is 4.98 Å². The second kappa shape index (κ2) is 11.0. The zero-order valence-corrected chi connectivity index (χ0v) is 21.9. The van der Waals surface area contributed by atoms with Crippen molar-refractivity contribution >= 4 is 17.8 Å². The average molecular weight is 511 g/mol. The summed E-state index contributed by atoms with van der Waals surface area (Å²) in [5, 5.41) is 2.71. The fourth-order valence-corrected chi connectivity index (χ4v) is 4.83. The van der Waals surface area contributed by atoms with Crippen LogP contribution in [0, 0.1) is 0 Å². The molecule has 0 saturated carbocycles. The van der Waals surface area contributed by atoms with E-state index >= 15 is 0 Å². The van der Waals surface area contributed by atoms with E-state index < -0.39 is 11.2 Å². The molecule has 0 radical (unpaired) electrons. The Morgan fingerprint density at radius 3 is 2.35 bits per heavy atom. The summed E-state index contributed by atoms with van der Waals surface area (Å²) in [5.41, 5.74) is 12.4. The Labute approximate surface area is 217 Å². The lowest BCUT2D eigenvalue weighted by molar-refractivity contribution is -0.138. The third-order valence-electron chi connectivity index (χ3n) is 7.02. The number of aromatic nitrogens is 2. The molecule has 0 spiro atoms. The van der Waals surface area contributed by atoms with Crippen molar-refractivity contribution in [2.75, 3.05) is 38.0 Å². The third kappa shape index (κ3) is 6.54. The highest BCUT2D eigenvalue weighted by molar-refractivity contribution is 5.89. The van der Waals surface area contributed by atoms with Gasteiger partial charge in [0.25, 0.3) is 0 Å². The number of hydrogen-bond acceptors (Lipinski definition) is 7. The van der Waals surface area contributed by atoms with Crippen LogP contribution >= 0.6 is 0 Å². The zero-order chi connectivity index (χ0) is 26.7. The van der Waals surface area contributed by atoms with Gasteiger partial charge in [0.05, 0.1) is 11.2 Å². The molecule has 1 atom stereocenters. The second-order valence-electron chi connectivity index (χ2n) is 10.7. The molecular formula is C26H38N8O3. The Hall–Kier alpha value is -3.28. The Morgan fingerprint density at radius 2 is 1.76 bits per heavy atom. The predicted molar refractivity (Wildman–Crippen MR) is 142 cm³/mol. The van der Waals surface area contributed by atoms with Gasteiger partial charge in [-0.3, -0.25) is 19.6 Å². The number of anilines is 1. The number of nitrogens with two attached hydrogens (primary N) is 2. The summed E-state index contributed by atoms with van der Waals surface area (Å²) < 4.78 is 1.45. The SMILES string of the molecule is CC1CN(C(=O)C(C)(C)N)CCN1C(=O)Nc1ccn(-c2ccc(CN3CCC(N)CC3)cc2)c(=O)n1. The van der Waals surface area contributed by atoms with Crippen LogP contribution in [0.4, 0.5) is 10.6 Å². The maximum Gasteiger partial charge on any atom is 0.354 e. The van der Waals surface area contributed by atoms with Gasteiger partial charge in [0.1, 0.15) is 5.82 Å². The number of nitrogens with zero attached hydrogens (tertiary/aromatic N) is 5. The molecule has 1 aromatic carbocycles. The molecule has 2 saturated heterocycles. The van der Waals surface area contributed by atoms with Crippen LogP contribution in [0.25, 0.3) is 5.69 Å². The molecule has 2 aromatic rings. The number of carbonyl (C=O) groups is 2. The van der Waals surface area contributed by atoms with Crippen LogP contribution in [0.1, 0.15) is 39.2 Å². The molecule has 0 aliphatic carbocycles. The van der Waals surface area contributed by atoms with E-state index in [4.69, 9.17) is 11.5 Å². The van der Waals surface area contributed by atoms with Crippen molar-refractivity contribution in [3.05, 3.63) is 52.6 Å². The molecule has 11 heteroatoms. The molecule has 1 aromatic heterocycles. The number of rotatable bonds is 5. The first-order valence-electron chi connectivity index (χ1n) is 12.8. The summed E-state index contributed by atoms with van der Waals surface area (Å²) in [6, 6.07) is 9.17. The van der Waals surface area contributed by atoms with Crippen LogP contribution in [0.3, 0.4) is 0 Å². The lowest BCUT2D eigenvalue weighted by Gasteiger charge is -2.41. The molecule has 0 bridgehead atoms. The molecule has 200 valence electrons. The van der Waals surface area contributed by atoms with Gasteiger partial charge in [0.15, 0.2) is 0 Å². The first-order chi connectivity index (χ1) is 17.5. The van der Waals surface area contributed by atoms with Crippen LogP contribution in [-0.2, 0) is 11.3 Å². The Bertz CT molecular complexity index is 1170. The summed E-state index contributed by atoms with van der Waals surface area (Å²) in [5.74, 6) is 0.0360. The Morgan fingerprint density at radius 1 is 1.08 bits per heavy atom. The van der Waals surface area contributed by atoms with Gasteiger partial charge in [-0.1, -0.05) is 12.1 Å². The molecule has 3 amide bonds. The summed E-state index contributed by atoms with van der Waals surface area (Å²) in [7, 11) is 0. The minimum Gasteiger partial charge on any atom is -0.337 e. The van der Waals surface area contributed by atoms with Crippen LogP contribution in [-0.4, -0.2) is 86.5 Å². The number of nitrogens with one attached hydrogen (secondary N) is 1. The highest BCUT2D eigenvalue weighted by Crippen LogP contribution is 2.17. The molecular weight excluding hydrogens is 472 g/mol. The minimum atomic E-state index is -0.958. The lowest BCUT2D eigenvalue weighted by Crippen LogP contribution is -2.61. The first-order valence-corrected chi connectivity index (χ1v) is 12.8. The van der Waals surface area contributed by atoms with Crippen molar-refractivity contribution in [2.45, 2.75) is 57.8 Å². The van der Waals surface area contributed by atoms with E-state index in [1.807, 2.05) is 31.2 Å². The normalized spacial score (nSPS) is 19.6. The third-order valence-corrected chi connectivity index (χ3v) is 7.02. The van der Waals surface area contributed by atoms with Gasteiger partial charge in [-0.25, -0.2) is 9.59 Å². The van der Waals surface area contributed by atoms with Crippen LogP contribution in [0.5, 0.6) is 0 Å². The van der Waals surface area contributed by atoms with E-state index in [0.29, 0.717) is 31.4 Å². The number of carbonyl (C=O) groups excluding carboxylic acids is 2. The lowest BCUT2D eigenvalue weighted by atomic mass is 10.0. The molecule has 5 N–H and O–H groups in total. The minimum absolute atomic E-state index is 0.144. The number of urea groups is 1. The van der Waals surface area contributed by atoms with Crippen molar-refractivity contribution in [3.63, 3.8) is 0 Å². The fourth-order valence-electron chi connectivity index (χ4n) is 4.83. The molecule has 3 heterocycles. The largest absolute Gasteiger partial charge is 0.354 e.